The minimum absolute atomic E-state index is 0.111. The number of aromatic nitrogens is 2. The number of ether oxygens (including phenoxy) is 3. The van der Waals surface area contributed by atoms with Crippen LogP contribution in [0.4, 0.5) is 5.69 Å². The van der Waals surface area contributed by atoms with Crippen LogP contribution in [-0.2, 0) is 20.8 Å². The maximum Gasteiger partial charge on any atom is 0.293 e. The Kier molecular flexibility index (Phi) is 8.02. The van der Waals surface area contributed by atoms with E-state index in [1.165, 1.54) is 18.4 Å². The molecular formula is C30H35N3O4. The average molecular weight is 502 g/mol. The van der Waals surface area contributed by atoms with Crippen LogP contribution in [0.25, 0.3) is 10.9 Å². The van der Waals surface area contributed by atoms with Crippen molar-refractivity contribution in [2.75, 3.05) is 24.7 Å². The fourth-order valence-corrected chi connectivity index (χ4v) is 4.68. The van der Waals surface area contributed by atoms with Gasteiger partial charge in [0.15, 0.2) is 12.0 Å². The van der Waals surface area contributed by atoms with Gasteiger partial charge in [-0.1, -0.05) is 18.2 Å². The van der Waals surface area contributed by atoms with Crippen LogP contribution in [0, 0.1) is 0 Å². The fourth-order valence-electron chi connectivity index (χ4n) is 4.68. The molecule has 0 spiro atoms. The molecule has 194 valence electrons. The Morgan fingerprint density at radius 3 is 2.73 bits per heavy atom. The Balaban J connectivity index is 1.27. The first-order valence-electron chi connectivity index (χ1n) is 13.2. The summed E-state index contributed by atoms with van der Waals surface area (Å²) in [6.07, 6.45) is 10.8. The first kappa shape index (κ1) is 25.2. The van der Waals surface area contributed by atoms with E-state index in [2.05, 4.69) is 23.8 Å². The molecule has 0 bridgehead atoms. The number of rotatable bonds is 11. The number of amides is 1. The van der Waals surface area contributed by atoms with Crippen molar-refractivity contribution in [1.29, 1.82) is 0 Å². The first-order valence-corrected chi connectivity index (χ1v) is 13.2. The molecule has 1 aromatic heterocycles. The third kappa shape index (κ3) is 6.12. The predicted octanol–water partition coefficient (Wildman–Crippen LogP) is 5.96. The van der Waals surface area contributed by atoms with Crippen molar-refractivity contribution in [2.45, 2.75) is 57.8 Å². The highest BCUT2D eigenvalue weighted by atomic mass is 16.7. The van der Waals surface area contributed by atoms with Gasteiger partial charge < -0.3 is 19.1 Å². The SMILES string of the molecule is C=CCN(C(=O)C(=CC)Oc1ccc(C2CC2)cc1)c1ccc2c(cnn2CCOC2CCCCO2)c1. The van der Waals surface area contributed by atoms with Crippen LogP contribution in [0.3, 0.4) is 0 Å². The first-order chi connectivity index (χ1) is 18.2. The van der Waals surface area contributed by atoms with Gasteiger partial charge in [-0.05, 0) is 86.9 Å². The Morgan fingerprint density at radius 1 is 1.19 bits per heavy atom. The molecule has 1 saturated heterocycles. The molecule has 5 rings (SSSR count). The number of hydrogen-bond donors (Lipinski definition) is 0. The summed E-state index contributed by atoms with van der Waals surface area (Å²) in [6, 6.07) is 14.0. The number of carbonyl (C=O) groups excluding carboxylic acids is 1. The molecule has 1 unspecified atom stereocenters. The van der Waals surface area contributed by atoms with E-state index in [0.29, 0.717) is 31.4 Å². The van der Waals surface area contributed by atoms with Crippen molar-refractivity contribution in [3.63, 3.8) is 0 Å². The molecule has 3 aromatic rings. The highest BCUT2D eigenvalue weighted by Gasteiger charge is 2.24. The van der Waals surface area contributed by atoms with Crippen LogP contribution in [0.1, 0.15) is 50.5 Å². The summed E-state index contributed by atoms with van der Waals surface area (Å²) in [6.45, 7) is 7.96. The number of hydrogen-bond acceptors (Lipinski definition) is 5. The molecule has 1 aliphatic heterocycles. The topological polar surface area (TPSA) is 65.8 Å². The van der Waals surface area contributed by atoms with E-state index in [1.54, 1.807) is 17.1 Å². The lowest BCUT2D eigenvalue weighted by molar-refractivity contribution is -0.163. The molecular weight excluding hydrogens is 466 g/mol. The summed E-state index contributed by atoms with van der Waals surface area (Å²) in [7, 11) is 0. The van der Waals surface area contributed by atoms with Gasteiger partial charge in [0.25, 0.3) is 5.91 Å². The van der Waals surface area contributed by atoms with E-state index < -0.39 is 0 Å². The molecule has 1 atom stereocenters. The summed E-state index contributed by atoms with van der Waals surface area (Å²) < 4.78 is 19.4. The number of benzene rings is 2. The minimum Gasteiger partial charge on any atom is -0.452 e. The predicted molar refractivity (Wildman–Crippen MR) is 145 cm³/mol. The third-order valence-electron chi connectivity index (χ3n) is 6.87. The zero-order valence-electron chi connectivity index (χ0n) is 21.5. The highest BCUT2D eigenvalue weighted by molar-refractivity contribution is 6.05. The van der Waals surface area contributed by atoms with Crippen LogP contribution < -0.4 is 9.64 Å². The van der Waals surface area contributed by atoms with Gasteiger partial charge in [0.1, 0.15) is 5.75 Å². The third-order valence-corrected chi connectivity index (χ3v) is 6.87. The van der Waals surface area contributed by atoms with Gasteiger partial charge in [-0.2, -0.15) is 5.10 Å². The molecule has 2 fully saturated rings. The lowest BCUT2D eigenvalue weighted by Crippen LogP contribution is -2.33. The molecule has 2 heterocycles. The van der Waals surface area contributed by atoms with E-state index in [4.69, 9.17) is 14.2 Å². The van der Waals surface area contributed by atoms with Gasteiger partial charge in [0.2, 0.25) is 0 Å². The lowest BCUT2D eigenvalue weighted by atomic mass is 10.1. The van der Waals surface area contributed by atoms with Crippen molar-refractivity contribution >= 4 is 22.5 Å². The Labute approximate surface area is 218 Å². The van der Waals surface area contributed by atoms with E-state index in [1.807, 2.05) is 48.1 Å². The highest BCUT2D eigenvalue weighted by Crippen LogP contribution is 2.40. The quantitative estimate of drug-likeness (QED) is 0.184. The Hall–Kier alpha value is -3.42. The molecule has 1 amide bonds. The normalized spacial score (nSPS) is 18.1. The molecule has 7 heteroatoms. The number of anilines is 1. The van der Waals surface area contributed by atoms with Gasteiger partial charge in [-0.25, -0.2) is 0 Å². The largest absolute Gasteiger partial charge is 0.452 e. The molecule has 37 heavy (non-hydrogen) atoms. The van der Waals surface area contributed by atoms with Crippen LogP contribution in [0.15, 0.2) is 73.2 Å². The minimum atomic E-state index is -0.221. The van der Waals surface area contributed by atoms with Crippen LogP contribution in [0.2, 0.25) is 0 Å². The van der Waals surface area contributed by atoms with Crippen molar-refractivity contribution in [3.8, 4) is 5.75 Å². The number of carbonyl (C=O) groups is 1. The number of allylic oxidation sites excluding steroid dienone is 1. The van der Waals surface area contributed by atoms with E-state index in [9.17, 15) is 4.79 Å². The Morgan fingerprint density at radius 2 is 2.03 bits per heavy atom. The van der Waals surface area contributed by atoms with Gasteiger partial charge >= 0.3 is 0 Å². The molecule has 0 N–H and O–H groups in total. The van der Waals surface area contributed by atoms with Gasteiger partial charge in [0.05, 0.1) is 24.9 Å². The van der Waals surface area contributed by atoms with Crippen LogP contribution in [0.5, 0.6) is 5.75 Å². The van der Waals surface area contributed by atoms with Gasteiger partial charge in [-0.15, -0.1) is 6.58 Å². The van der Waals surface area contributed by atoms with Crippen molar-refractivity contribution in [3.05, 3.63) is 78.7 Å². The molecule has 7 nitrogen and oxygen atoms in total. The second-order valence-corrected chi connectivity index (χ2v) is 9.58. The van der Waals surface area contributed by atoms with Crippen LogP contribution in [-0.4, -0.2) is 41.7 Å². The molecule has 1 aliphatic carbocycles. The summed E-state index contributed by atoms with van der Waals surface area (Å²) in [5.74, 6) is 1.39. The molecule has 2 aliphatic rings. The zero-order chi connectivity index (χ0) is 25.6. The Bertz CT molecular complexity index is 1250. The number of nitrogens with zero attached hydrogens (tertiary/aromatic N) is 3. The van der Waals surface area contributed by atoms with Crippen molar-refractivity contribution in [1.82, 2.24) is 9.78 Å². The van der Waals surface area contributed by atoms with Crippen molar-refractivity contribution < 1.29 is 19.0 Å². The zero-order valence-corrected chi connectivity index (χ0v) is 21.5. The van der Waals surface area contributed by atoms with Crippen molar-refractivity contribution in [2.24, 2.45) is 0 Å². The maximum absolute atomic E-state index is 13.5. The fraction of sp³-hybridized carbons (Fsp3) is 0.400. The van der Waals surface area contributed by atoms with E-state index >= 15 is 0 Å². The molecule has 0 radical (unpaired) electrons. The maximum atomic E-state index is 13.5. The lowest BCUT2D eigenvalue weighted by Gasteiger charge is -2.23. The summed E-state index contributed by atoms with van der Waals surface area (Å²) in [5, 5.41) is 5.49. The monoisotopic (exact) mass is 501 g/mol. The van der Waals surface area contributed by atoms with E-state index in [0.717, 1.165) is 42.5 Å². The number of fused-ring (bicyclic) bond motifs is 1. The van der Waals surface area contributed by atoms with Crippen LogP contribution >= 0.6 is 0 Å². The second kappa shape index (κ2) is 11.8. The van der Waals surface area contributed by atoms with Gasteiger partial charge in [-0.3, -0.25) is 9.48 Å². The summed E-state index contributed by atoms with van der Waals surface area (Å²) in [4.78, 5) is 15.2. The second-order valence-electron chi connectivity index (χ2n) is 9.58. The molecule has 2 aromatic carbocycles. The smallest absolute Gasteiger partial charge is 0.293 e. The van der Waals surface area contributed by atoms with E-state index in [-0.39, 0.29) is 18.0 Å². The average Bonchev–Trinajstić information content (AvgIpc) is 3.71. The standard InChI is InChI=1S/C30H35N3O4/c1-3-16-32(30(34)28(4-2)37-26-13-10-23(11-14-26)22-8-9-22)25-12-15-27-24(20-25)21-31-33(27)17-19-36-29-7-5-6-18-35-29/h3-4,10-15,20-22,29H,1,5-9,16-19H2,2H3. The van der Waals surface area contributed by atoms with Gasteiger partial charge in [0, 0.05) is 24.2 Å². The molecule has 1 saturated carbocycles. The summed E-state index contributed by atoms with van der Waals surface area (Å²) >= 11 is 0. The summed E-state index contributed by atoms with van der Waals surface area (Å²) in [5.41, 5.74) is 3.08.